The number of nitriles is 3. The number of nitrogens with zero attached hydrogens (tertiary/aromatic N) is 4. The third-order valence-corrected chi connectivity index (χ3v) is 5.98. The number of allylic oxidation sites excluding steroid dienone is 2. The first-order chi connectivity index (χ1) is 14.1. The minimum atomic E-state index is -1.43. The highest BCUT2D eigenvalue weighted by molar-refractivity contribution is 5.90. The number of carbonyl (C=O) groups is 1. The van der Waals surface area contributed by atoms with E-state index in [0.29, 0.717) is 17.9 Å². The van der Waals surface area contributed by atoms with Gasteiger partial charge in [-0.1, -0.05) is 18.2 Å². The maximum absolute atomic E-state index is 13.3. The molecule has 29 heavy (non-hydrogen) atoms. The van der Waals surface area contributed by atoms with Crippen LogP contribution in [-0.4, -0.2) is 29.4 Å². The Morgan fingerprint density at radius 1 is 1.21 bits per heavy atom. The van der Waals surface area contributed by atoms with Crippen LogP contribution in [-0.2, 0) is 4.79 Å². The molecule has 1 saturated carbocycles. The lowest BCUT2D eigenvalue weighted by atomic mass is 9.69. The molecule has 2 aliphatic heterocycles. The zero-order valence-electron chi connectivity index (χ0n) is 16.1. The number of ether oxygens (including phenoxy) is 1. The molecule has 3 aliphatic rings. The third kappa shape index (κ3) is 2.87. The quantitative estimate of drug-likeness (QED) is 0.773. The largest absolute Gasteiger partial charge is 0.494 e. The lowest BCUT2D eigenvalue weighted by Gasteiger charge is -2.30. The SMILES string of the molecule is CCOc1ccc([C@@H]2[C@H](C(=O)C3CC3)N3C=C(C#N)C=C[C@H]3C2(C#N)C#N)cc1. The first kappa shape index (κ1) is 18.8. The zero-order valence-corrected chi connectivity index (χ0v) is 16.1. The van der Waals surface area contributed by atoms with Gasteiger partial charge in [-0.3, -0.25) is 4.79 Å². The Bertz CT molecular complexity index is 1000. The molecule has 0 radical (unpaired) electrons. The minimum Gasteiger partial charge on any atom is -0.494 e. The monoisotopic (exact) mass is 384 g/mol. The molecule has 2 fully saturated rings. The third-order valence-electron chi connectivity index (χ3n) is 5.98. The Kier molecular flexibility index (Phi) is 4.61. The maximum atomic E-state index is 13.3. The molecule has 4 rings (SSSR count). The molecular weight excluding hydrogens is 364 g/mol. The van der Waals surface area contributed by atoms with E-state index in [4.69, 9.17) is 4.74 Å². The second kappa shape index (κ2) is 7.12. The topological polar surface area (TPSA) is 101 Å². The van der Waals surface area contributed by atoms with E-state index in [9.17, 15) is 20.6 Å². The molecule has 0 aromatic heterocycles. The first-order valence-corrected chi connectivity index (χ1v) is 9.76. The molecule has 1 aromatic rings. The number of hydrogen-bond acceptors (Lipinski definition) is 6. The number of Topliss-reactive ketones (excluding diaryl/α,β-unsaturated/α-hetero) is 1. The van der Waals surface area contributed by atoms with E-state index in [-0.39, 0.29) is 11.7 Å². The molecule has 1 saturated heterocycles. The molecule has 1 aromatic carbocycles. The van der Waals surface area contributed by atoms with Crippen molar-refractivity contribution in [3.63, 3.8) is 0 Å². The van der Waals surface area contributed by atoms with Gasteiger partial charge in [0, 0.05) is 18.0 Å². The Labute approximate surface area is 169 Å². The number of fused-ring (bicyclic) bond motifs is 1. The van der Waals surface area contributed by atoms with E-state index in [0.717, 1.165) is 18.4 Å². The van der Waals surface area contributed by atoms with Crippen LogP contribution in [0.1, 0.15) is 31.2 Å². The van der Waals surface area contributed by atoms with Gasteiger partial charge in [0.05, 0.1) is 36.4 Å². The standard InChI is InChI=1S/C23H20N4O2/c1-2-29-18-8-6-16(7-9-18)20-21(22(28)17-4-5-17)27-12-15(11-24)3-10-19(27)23(20,13-25)14-26/h3,6-10,12,17,19-21H,2,4-5H2,1H3/t19-,20+,21+/m0/s1. The summed E-state index contributed by atoms with van der Waals surface area (Å²) in [6, 6.07) is 12.6. The molecule has 3 atom stereocenters. The van der Waals surface area contributed by atoms with Gasteiger partial charge in [-0.25, -0.2) is 0 Å². The van der Waals surface area contributed by atoms with E-state index in [1.165, 1.54) is 0 Å². The number of hydrogen-bond donors (Lipinski definition) is 0. The maximum Gasteiger partial charge on any atom is 0.176 e. The summed E-state index contributed by atoms with van der Waals surface area (Å²) < 4.78 is 5.51. The highest BCUT2D eigenvalue weighted by Gasteiger charge is 2.63. The van der Waals surface area contributed by atoms with Crippen molar-refractivity contribution in [2.24, 2.45) is 11.3 Å². The van der Waals surface area contributed by atoms with Gasteiger partial charge >= 0.3 is 0 Å². The van der Waals surface area contributed by atoms with E-state index in [1.807, 2.05) is 19.1 Å². The normalized spacial score (nSPS) is 26.5. The van der Waals surface area contributed by atoms with Crippen LogP contribution in [0.25, 0.3) is 0 Å². The molecule has 1 aliphatic carbocycles. The van der Waals surface area contributed by atoms with Crippen molar-refractivity contribution in [2.75, 3.05) is 6.61 Å². The van der Waals surface area contributed by atoms with Crippen LogP contribution >= 0.6 is 0 Å². The Hall–Kier alpha value is -3.56. The predicted molar refractivity (Wildman–Crippen MR) is 104 cm³/mol. The Morgan fingerprint density at radius 2 is 1.90 bits per heavy atom. The lowest BCUT2D eigenvalue weighted by Crippen LogP contribution is -2.40. The van der Waals surface area contributed by atoms with E-state index >= 15 is 0 Å². The molecule has 6 heteroatoms. The molecular formula is C23H20N4O2. The molecule has 0 amide bonds. The van der Waals surface area contributed by atoms with Crippen LogP contribution in [0, 0.1) is 45.3 Å². The molecule has 0 N–H and O–H groups in total. The average molecular weight is 384 g/mol. The molecule has 6 nitrogen and oxygen atoms in total. The second-order valence-electron chi connectivity index (χ2n) is 7.64. The number of benzene rings is 1. The summed E-state index contributed by atoms with van der Waals surface area (Å²) in [4.78, 5) is 15.1. The summed E-state index contributed by atoms with van der Waals surface area (Å²) in [6.07, 6.45) is 6.64. The van der Waals surface area contributed by atoms with Crippen molar-refractivity contribution in [3.8, 4) is 24.0 Å². The molecule has 2 heterocycles. The van der Waals surface area contributed by atoms with Crippen LogP contribution in [0.4, 0.5) is 0 Å². The van der Waals surface area contributed by atoms with Gasteiger partial charge in [0.2, 0.25) is 0 Å². The molecule has 0 bridgehead atoms. The van der Waals surface area contributed by atoms with Crippen LogP contribution in [0.3, 0.4) is 0 Å². The van der Waals surface area contributed by atoms with Crippen molar-refractivity contribution < 1.29 is 9.53 Å². The summed E-state index contributed by atoms with van der Waals surface area (Å²) in [7, 11) is 0. The summed E-state index contributed by atoms with van der Waals surface area (Å²) >= 11 is 0. The smallest absolute Gasteiger partial charge is 0.176 e. The van der Waals surface area contributed by atoms with Crippen LogP contribution < -0.4 is 4.74 Å². The van der Waals surface area contributed by atoms with Crippen molar-refractivity contribution in [2.45, 2.75) is 37.8 Å². The Balaban J connectivity index is 1.87. The van der Waals surface area contributed by atoms with Crippen molar-refractivity contribution in [1.29, 1.82) is 15.8 Å². The fourth-order valence-electron chi connectivity index (χ4n) is 4.49. The van der Waals surface area contributed by atoms with Crippen LogP contribution in [0.15, 0.2) is 48.2 Å². The van der Waals surface area contributed by atoms with E-state index < -0.39 is 23.4 Å². The summed E-state index contributed by atoms with van der Waals surface area (Å²) in [6.45, 7) is 2.43. The van der Waals surface area contributed by atoms with Crippen LogP contribution in [0.5, 0.6) is 5.75 Å². The fraction of sp³-hybridized carbons (Fsp3) is 0.391. The van der Waals surface area contributed by atoms with Gasteiger partial charge in [0.25, 0.3) is 0 Å². The van der Waals surface area contributed by atoms with Crippen LogP contribution in [0.2, 0.25) is 0 Å². The van der Waals surface area contributed by atoms with E-state index in [2.05, 4.69) is 18.2 Å². The second-order valence-corrected chi connectivity index (χ2v) is 7.64. The number of ketones is 1. The first-order valence-electron chi connectivity index (χ1n) is 9.76. The summed E-state index contributed by atoms with van der Waals surface area (Å²) in [5, 5.41) is 29.6. The number of carbonyl (C=O) groups excluding carboxylic acids is 1. The van der Waals surface area contributed by atoms with Gasteiger partial charge in [-0.15, -0.1) is 0 Å². The highest BCUT2D eigenvalue weighted by atomic mass is 16.5. The number of rotatable bonds is 5. The van der Waals surface area contributed by atoms with Gasteiger partial charge in [0.1, 0.15) is 11.8 Å². The molecule has 144 valence electrons. The molecule has 0 unspecified atom stereocenters. The van der Waals surface area contributed by atoms with Crippen molar-refractivity contribution in [1.82, 2.24) is 4.90 Å². The predicted octanol–water partition coefficient (Wildman–Crippen LogP) is 3.21. The summed E-state index contributed by atoms with van der Waals surface area (Å²) in [5.41, 5.74) is -0.270. The van der Waals surface area contributed by atoms with Gasteiger partial charge < -0.3 is 9.64 Å². The van der Waals surface area contributed by atoms with Gasteiger partial charge in [0.15, 0.2) is 11.2 Å². The lowest BCUT2D eigenvalue weighted by molar-refractivity contribution is -0.124. The van der Waals surface area contributed by atoms with Crippen molar-refractivity contribution in [3.05, 3.63) is 53.8 Å². The minimum absolute atomic E-state index is 0.0381. The zero-order chi connectivity index (χ0) is 20.6. The Morgan fingerprint density at radius 3 is 2.45 bits per heavy atom. The van der Waals surface area contributed by atoms with Crippen molar-refractivity contribution >= 4 is 5.78 Å². The highest BCUT2D eigenvalue weighted by Crippen LogP contribution is 2.54. The fourth-order valence-corrected chi connectivity index (χ4v) is 4.49. The average Bonchev–Trinajstić information content (AvgIpc) is 3.56. The molecule has 0 spiro atoms. The van der Waals surface area contributed by atoms with Gasteiger partial charge in [-0.2, -0.15) is 15.8 Å². The summed E-state index contributed by atoms with van der Waals surface area (Å²) in [5.74, 6) is 0.0855. The van der Waals surface area contributed by atoms with Gasteiger partial charge in [-0.05, 0) is 43.5 Å². The van der Waals surface area contributed by atoms with E-state index in [1.54, 1.807) is 35.4 Å².